The van der Waals surface area contributed by atoms with Crippen LogP contribution in [0.1, 0.15) is 49.5 Å². The molecular formula is C17H21N5O4. The Kier molecular flexibility index (Phi) is 4.88. The van der Waals surface area contributed by atoms with Gasteiger partial charge in [-0.05, 0) is 32.3 Å². The number of nitrogens with zero attached hydrogens (tertiary/aromatic N) is 2. The largest absolute Gasteiger partial charge is 0.354 e. The van der Waals surface area contributed by atoms with Gasteiger partial charge in [-0.25, -0.2) is 9.78 Å². The molecule has 26 heavy (non-hydrogen) atoms. The minimum Gasteiger partial charge on any atom is -0.354 e. The fourth-order valence-electron chi connectivity index (χ4n) is 2.68. The highest BCUT2D eigenvalue weighted by Crippen LogP contribution is 2.34. The molecule has 9 heteroatoms. The lowest BCUT2D eigenvalue weighted by molar-refractivity contribution is -0.122. The number of fused-ring (bicyclic) bond motifs is 1. The van der Waals surface area contributed by atoms with Gasteiger partial charge in [-0.2, -0.15) is 0 Å². The van der Waals surface area contributed by atoms with Crippen LogP contribution in [0.25, 0.3) is 11.0 Å². The second-order valence-electron chi connectivity index (χ2n) is 6.44. The molecule has 1 aliphatic rings. The van der Waals surface area contributed by atoms with Gasteiger partial charge in [-0.3, -0.25) is 23.9 Å². The molecule has 0 radical (unpaired) electrons. The van der Waals surface area contributed by atoms with E-state index in [2.05, 4.69) is 20.6 Å². The predicted molar refractivity (Wildman–Crippen MR) is 95.1 cm³/mol. The number of pyridine rings is 1. The van der Waals surface area contributed by atoms with Crippen molar-refractivity contribution in [3.05, 3.63) is 38.7 Å². The lowest BCUT2D eigenvalue weighted by Crippen LogP contribution is -2.45. The molecule has 0 aromatic carbocycles. The SMILES string of the molecule is CCCNC(=O)C(C)NC(=O)c1cnc2c(c1)c(=O)[nH]c(=O)n2C1CC1. The molecule has 2 heterocycles. The molecule has 1 saturated carbocycles. The molecule has 3 N–H and O–H groups in total. The Morgan fingerprint density at radius 2 is 2.12 bits per heavy atom. The fourth-order valence-corrected chi connectivity index (χ4v) is 2.68. The van der Waals surface area contributed by atoms with Gasteiger partial charge >= 0.3 is 5.69 Å². The minimum absolute atomic E-state index is 0.0383. The molecule has 0 aliphatic heterocycles. The average molecular weight is 359 g/mol. The summed E-state index contributed by atoms with van der Waals surface area (Å²) in [5.41, 5.74) is -0.653. The molecule has 9 nitrogen and oxygen atoms in total. The topological polar surface area (TPSA) is 126 Å². The molecule has 0 saturated heterocycles. The van der Waals surface area contributed by atoms with Gasteiger partial charge in [0.05, 0.1) is 10.9 Å². The number of carbonyl (C=O) groups is 2. The highest BCUT2D eigenvalue weighted by molar-refractivity contribution is 5.99. The summed E-state index contributed by atoms with van der Waals surface area (Å²) in [5, 5.41) is 5.45. The van der Waals surface area contributed by atoms with E-state index in [0.717, 1.165) is 19.3 Å². The maximum atomic E-state index is 12.4. The smallest absolute Gasteiger partial charge is 0.330 e. The summed E-state index contributed by atoms with van der Waals surface area (Å²) in [4.78, 5) is 54.8. The van der Waals surface area contributed by atoms with E-state index in [1.54, 1.807) is 6.92 Å². The number of aromatic amines is 1. The molecule has 1 aliphatic carbocycles. The van der Waals surface area contributed by atoms with Crippen molar-refractivity contribution in [1.82, 2.24) is 25.2 Å². The number of aromatic nitrogens is 3. The third-order valence-electron chi connectivity index (χ3n) is 4.24. The third kappa shape index (κ3) is 3.51. The summed E-state index contributed by atoms with van der Waals surface area (Å²) in [5.74, 6) is -0.795. The van der Waals surface area contributed by atoms with Crippen molar-refractivity contribution in [3.63, 3.8) is 0 Å². The summed E-state index contributed by atoms with van der Waals surface area (Å²) in [6, 6.07) is 0.714. The molecule has 1 unspecified atom stereocenters. The Morgan fingerprint density at radius 1 is 1.38 bits per heavy atom. The minimum atomic E-state index is -0.719. The van der Waals surface area contributed by atoms with Crippen LogP contribution in [0.2, 0.25) is 0 Å². The average Bonchev–Trinajstić information content (AvgIpc) is 3.44. The van der Waals surface area contributed by atoms with Crippen molar-refractivity contribution in [2.24, 2.45) is 0 Å². The van der Waals surface area contributed by atoms with E-state index in [4.69, 9.17) is 0 Å². The van der Waals surface area contributed by atoms with Crippen LogP contribution in [0.15, 0.2) is 21.9 Å². The first-order chi connectivity index (χ1) is 12.4. The monoisotopic (exact) mass is 359 g/mol. The van der Waals surface area contributed by atoms with Gasteiger partial charge in [0.2, 0.25) is 5.91 Å². The van der Waals surface area contributed by atoms with Gasteiger partial charge in [0.1, 0.15) is 11.7 Å². The van der Waals surface area contributed by atoms with E-state index in [9.17, 15) is 19.2 Å². The zero-order valence-electron chi connectivity index (χ0n) is 14.7. The second-order valence-corrected chi connectivity index (χ2v) is 6.44. The van der Waals surface area contributed by atoms with Crippen LogP contribution in [-0.2, 0) is 4.79 Å². The van der Waals surface area contributed by atoms with Gasteiger partial charge in [0, 0.05) is 18.8 Å². The van der Waals surface area contributed by atoms with Crippen molar-refractivity contribution < 1.29 is 9.59 Å². The summed E-state index contributed by atoms with van der Waals surface area (Å²) >= 11 is 0. The van der Waals surface area contributed by atoms with Crippen molar-refractivity contribution >= 4 is 22.8 Å². The van der Waals surface area contributed by atoms with Gasteiger partial charge in [-0.15, -0.1) is 0 Å². The highest BCUT2D eigenvalue weighted by atomic mass is 16.2. The van der Waals surface area contributed by atoms with Crippen molar-refractivity contribution in [1.29, 1.82) is 0 Å². The van der Waals surface area contributed by atoms with Crippen molar-refractivity contribution in [2.45, 2.75) is 45.2 Å². The maximum absolute atomic E-state index is 12.4. The molecular weight excluding hydrogens is 338 g/mol. The highest BCUT2D eigenvalue weighted by Gasteiger charge is 2.28. The van der Waals surface area contributed by atoms with Gasteiger partial charge in [-0.1, -0.05) is 6.92 Å². The van der Waals surface area contributed by atoms with Crippen molar-refractivity contribution in [2.75, 3.05) is 6.54 Å². The predicted octanol–water partition coefficient (Wildman–Crippen LogP) is 0.0642. The zero-order chi connectivity index (χ0) is 18.8. The van der Waals surface area contributed by atoms with E-state index < -0.39 is 23.2 Å². The summed E-state index contributed by atoms with van der Waals surface area (Å²) in [6.07, 6.45) is 3.82. The number of nitrogens with one attached hydrogen (secondary N) is 3. The first-order valence-electron chi connectivity index (χ1n) is 8.65. The number of hydrogen-bond acceptors (Lipinski definition) is 5. The van der Waals surface area contributed by atoms with Crippen LogP contribution in [-0.4, -0.2) is 38.9 Å². The van der Waals surface area contributed by atoms with Crippen LogP contribution in [0.5, 0.6) is 0 Å². The Morgan fingerprint density at radius 3 is 2.77 bits per heavy atom. The first kappa shape index (κ1) is 17.8. The van der Waals surface area contributed by atoms with Crippen LogP contribution in [0.4, 0.5) is 0 Å². The van der Waals surface area contributed by atoms with Crippen LogP contribution in [0.3, 0.4) is 0 Å². The number of amides is 2. The molecule has 2 aromatic rings. The normalized spacial score (nSPS) is 14.8. The van der Waals surface area contributed by atoms with Crippen LogP contribution < -0.4 is 21.9 Å². The maximum Gasteiger partial charge on any atom is 0.330 e. The van der Waals surface area contributed by atoms with Crippen LogP contribution >= 0.6 is 0 Å². The molecule has 2 aromatic heterocycles. The zero-order valence-corrected chi connectivity index (χ0v) is 14.7. The fraction of sp³-hybridized carbons (Fsp3) is 0.471. The number of hydrogen-bond donors (Lipinski definition) is 3. The third-order valence-corrected chi connectivity index (χ3v) is 4.24. The molecule has 3 rings (SSSR count). The van der Waals surface area contributed by atoms with Crippen molar-refractivity contribution in [3.8, 4) is 0 Å². The van der Waals surface area contributed by atoms with E-state index in [-0.39, 0.29) is 28.5 Å². The quantitative estimate of drug-likeness (QED) is 0.672. The molecule has 2 amide bonds. The van der Waals surface area contributed by atoms with E-state index in [0.29, 0.717) is 6.54 Å². The summed E-state index contributed by atoms with van der Waals surface area (Å²) in [6.45, 7) is 4.04. The molecule has 1 atom stereocenters. The Hall–Kier alpha value is -2.97. The molecule has 138 valence electrons. The van der Waals surface area contributed by atoms with Gasteiger partial charge in [0.25, 0.3) is 11.5 Å². The number of carbonyl (C=O) groups excluding carboxylic acids is 2. The molecule has 0 spiro atoms. The number of H-pyrrole nitrogens is 1. The second kappa shape index (κ2) is 7.11. The Balaban J connectivity index is 1.87. The Bertz CT molecular complexity index is 973. The Labute approximate surface area is 148 Å². The summed E-state index contributed by atoms with van der Waals surface area (Å²) in [7, 11) is 0. The molecule has 1 fully saturated rings. The molecule has 0 bridgehead atoms. The van der Waals surface area contributed by atoms with Crippen LogP contribution in [0, 0.1) is 0 Å². The first-order valence-corrected chi connectivity index (χ1v) is 8.65. The van der Waals surface area contributed by atoms with Gasteiger partial charge < -0.3 is 10.6 Å². The van der Waals surface area contributed by atoms with Gasteiger partial charge in [0.15, 0.2) is 0 Å². The van der Waals surface area contributed by atoms with E-state index in [1.165, 1.54) is 16.8 Å². The van der Waals surface area contributed by atoms with E-state index >= 15 is 0 Å². The van der Waals surface area contributed by atoms with E-state index in [1.807, 2.05) is 6.92 Å². The lowest BCUT2D eigenvalue weighted by Gasteiger charge is -2.14. The number of rotatable bonds is 6. The standard InChI is InChI=1S/C17H21N5O4/c1-3-6-18-14(23)9(2)20-15(24)10-7-12-13(19-8-10)22(11-4-5-11)17(26)21-16(12)25/h7-9,11H,3-6H2,1-2H3,(H,18,23)(H,20,24)(H,21,25,26). The summed E-state index contributed by atoms with van der Waals surface area (Å²) < 4.78 is 1.46. The lowest BCUT2D eigenvalue weighted by atomic mass is 10.2.